The van der Waals surface area contributed by atoms with Gasteiger partial charge in [-0.05, 0) is 48.2 Å². The Bertz CT molecular complexity index is 596. The maximum atomic E-state index is 11.8. The summed E-state index contributed by atoms with van der Waals surface area (Å²) in [6.45, 7) is 2.53. The molecule has 2 aromatic rings. The van der Waals surface area contributed by atoms with Crippen molar-refractivity contribution < 1.29 is 4.79 Å². The monoisotopic (exact) mass is 269 g/mol. The third-order valence-electron chi connectivity index (χ3n) is 3.20. The average Bonchev–Trinajstić information content (AvgIpc) is 2.44. The van der Waals surface area contributed by atoms with Crippen molar-refractivity contribution in [1.82, 2.24) is 10.3 Å². The lowest BCUT2D eigenvalue weighted by Gasteiger charge is -2.07. The van der Waals surface area contributed by atoms with Gasteiger partial charge in [0.25, 0.3) is 0 Å². The van der Waals surface area contributed by atoms with E-state index in [4.69, 9.17) is 5.73 Å². The number of nitrogens with zero attached hydrogens (tertiary/aromatic N) is 1. The van der Waals surface area contributed by atoms with Gasteiger partial charge >= 0.3 is 0 Å². The standard InChI is InChI=1S/C16H19N3O/c1-12-10-18-8-7-14(12)11-19-16(20)6-5-13-3-2-4-15(17)9-13/h2-4,7-10H,5-6,11,17H2,1H3,(H,19,20). The summed E-state index contributed by atoms with van der Waals surface area (Å²) in [4.78, 5) is 15.9. The molecule has 0 aliphatic rings. The first-order valence-electron chi connectivity index (χ1n) is 6.66. The van der Waals surface area contributed by atoms with Crippen LogP contribution in [0.15, 0.2) is 42.7 Å². The summed E-state index contributed by atoms with van der Waals surface area (Å²) in [5.74, 6) is 0.0450. The molecule has 1 aromatic heterocycles. The maximum absolute atomic E-state index is 11.8. The molecule has 104 valence electrons. The van der Waals surface area contributed by atoms with Gasteiger partial charge in [0.15, 0.2) is 0 Å². The van der Waals surface area contributed by atoms with Gasteiger partial charge in [-0.25, -0.2) is 0 Å². The lowest BCUT2D eigenvalue weighted by molar-refractivity contribution is -0.121. The topological polar surface area (TPSA) is 68.0 Å². The summed E-state index contributed by atoms with van der Waals surface area (Å²) in [6.07, 6.45) is 4.70. The first-order chi connectivity index (χ1) is 9.65. The van der Waals surface area contributed by atoms with Gasteiger partial charge < -0.3 is 11.1 Å². The van der Waals surface area contributed by atoms with Crippen LogP contribution in [0.4, 0.5) is 5.69 Å². The molecule has 1 aromatic carbocycles. The molecule has 0 saturated heterocycles. The van der Waals surface area contributed by atoms with E-state index in [1.165, 1.54) is 0 Å². The zero-order valence-electron chi connectivity index (χ0n) is 11.6. The largest absolute Gasteiger partial charge is 0.399 e. The van der Waals surface area contributed by atoms with Crippen LogP contribution in [-0.4, -0.2) is 10.9 Å². The predicted molar refractivity (Wildman–Crippen MR) is 80.0 cm³/mol. The third-order valence-corrected chi connectivity index (χ3v) is 3.20. The van der Waals surface area contributed by atoms with Crippen LogP contribution < -0.4 is 11.1 Å². The molecule has 2 rings (SSSR count). The van der Waals surface area contributed by atoms with Crippen LogP contribution >= 0.6 is 0 Å². The van der Waals surface area contributed by atoms with Gasteiger partial charge in [-0.15, -0.1) is 0 Å². The Hall–Kier alpha value is -2.36. The number of aryl methyl sites for hydroxylation is 2. The van der Waals surface area contributed by atoms with Crippen molar-refractivity contribution >= 4 is 11.6 Å². The number of nitrogens with two attached hydrogens (primary N) is 1. The van der Waals surface area contributed by atoms with Gasteiger partial charge in [0.2, 0.25) is 5.91 Å². The van der Waals surface area contributed by atoms with E-state index in [0.29, 0.717) is 19.4 Å². The van der Waals surface area contributed by atoms with Crippen molar-refractivity contribution in [3.8, 4) is 0 Å². The Kier molecular flexibility index (Phi) is 4.71. The van der Waals surface area contributed by atoms with E-state index in [9.17, 15) is 4.79 Å². The summed E-state index contributed by atoms with van der Waals surface area (Å²) in [6, 6.07) is 9.56. The van der Waals surface area contributed by atoms with E-state index in [2.05, 4.69) is 10.3 Å². The number of nitrogens with one attached hydrogen (secondary N) is 1. The van der Waals surface area contributed by atoms with Gasteiger partial charge in [-0.2, -0.15) is 0 Å². The summed E-state index contributed by atoms with van der Waals surface area (Å²) in [7, 11) is 0. The number of amides is 1. The minimum Gasteiger partial charge on any atom is -0.399 e. The highest BCUT2D eigenvalue weighted by molar-refractivity contribution is 5.76. The molecule has 4 nitrogen and oxygen atoms in total. The average molecular weight is 269 g/mol. The molecule has 1 amide bonds. The highest BCUT2D eigenvalue weighted by Crippen LogP contribution is 2.09. The second-order valence-corrected chi connectivity index (χ2v) is 4.82. The Morgan fingerprint density at radius 3 is 2.95 bits per heavy atom. The molecule has 20 heavy (non-hydrogen) atoms. The van der Waals surface area contributed by atoms with Crippen LogP contribution in [0.25, 0.3) is 0 Å². The molecule has 0 fully saturated rings. The van der Waals surface area contributed by atoms with Gasteiger partial charge in [-0.3, -0.25) is 9.78 Å². The number of rotatable bonds is 5. The minimum absolute atomic E-state index is 0.0450. The zero-order valence-corrected chi connectivity index (χ0v) is 11.6. The molecule has 0 saturated carbocycles. The Morgan fingerprint density at radius 1 is 1.35 bits per heavy atom. The fourth-order valence-corrected chi connectivity index (χ4v) is 1.99. The Morgan fingerprint density at radius 2 is 2.20 bits per heavy atom. The first-order valence-corrected chi connectivity index (χ1v) is 6.66. The molecule has 0 aliphatic heterocycles. The number of carbonyl (C=O) groups excluding carboxylic acids is 1. The molecule has 1 heterocycles. The van der Waals surface area contributed by atoms with Crippen molar-refractivity contribution in [2.24, 2.45) is 0 Å². The van der Waals surface area contributed by atoms with Crippen molar-refractivity contribution in [2.75, 3.05) is 5.73 Å². The number of hydrogen-bond acceptors (Lipinski definition) is 3. The molecular weight excluding hydrogens is 250 g/mol. The van der Waals surface area contributed by atoms with Gasteiger partial charge in [0, 0.05) is 31.0 Å². The number of anilines is 1. The maximum Gasteiger partial charge on any atom is 0.220 e. The Balaban J connectivity index is 1.80. The fraction of sp³-hybridized carbons (Fsp3) is 0.250. The number of nitrogen functional groups attached to an aromatic ring is 1. The Labute approximate surface area is 119 Å². The van der Waals surface area contributed by atoms with Crippen molar-refractivity contribution in [1.29, 1.82) is 0 Å². The summed E-state index contributed by atoms with van der Waals surface area (Å²) in [5.41, 5.74) is 9.71. The van der Waals surface area contributed by atoms with Crippen LogP contribution in [0.2, 0.25) is 0 Å². The molecule has 0 bridgehead atoms. The second-order valence-electron chi connectivity index (χ2n) is 4.82. The third kappa shape index (κ3) is 4.09. The molecular formula is C16H19N3O. The normalized spacial score (nSPS) is 10.2. The predicted octanol–water partition coefficient (Wildman–Crippen LogP) is 2.22. The van der Waals surface area contributed by atoms with E-state index in [1.54, 1.807) is 12.4 Å². The highest BCUT2D eigenvalue weighted by Gasteiger charge is 2.04. The summed E-state index contributed by atoms with van der Waals surface area (Å²) >= 11 is 0. The number of carbonyl (C=O) groups is 1. The van der Waals surface area contributed by atoms with E-state index in [0.717, 1.165) is 22.4 Å². The molecule has 0 radical (unpaired) electrons. The van der Waals surface area contributed by atoms with Crippen LogP contribution in [0.3, 0.4) is 0 Å². The minimum atomic E-state index is 0.0450. The van der Waals surface area contributed by atoms with Gasteiger partial charge in [-0.1, -0.05) is 12.1 Å². The second kappa shape index (κ2) is 6.70. The molecule has 0 spiro atoms. The molecule has 0 aliphatic carbocycles. The van der Waals surface area contributed by atoms with Crippen LogP contribution in [-0.2, 0) is 17.8 Å². The van der Waals surface area contributed by atoms with E-state index in [-0.39, 0.29) is 5.91 Å². The summed E-state index contributed by atoms with van der Waals surface area (Å²) in [5, 5.41) is 2.93. The smallest absolute Gasteiger partial charge is 0.220 e. The van der Waals surface area contributed by atoms with E-state index >= 15 is 0 Å². The molecule has 3 N–H and O–H groups in total. The van der Waals surface area contributed by atoms with Crippen LogP contribution in [0.5, 0.6) is 0 Å². The lowest BCUT2D eigenvalue weighted by Crippen LogP contribution is -2.23. The highest BCUT2D eigenvalue weighted by atomic mass is 16.1. The SMILES string of the molecule is Cc1cnccc1CNC(=O)CCc1cccc(N)c1. The van der Waals surface area contributed by atoms with Crippen molar-refractivity contribution in [2.45, 2.75) is 26.3 Å². The number of hydrogen-bond donors (Lipinski definition) is 2. The first kappa shape index (κ1) is 14.1. The van der Waals surface area contributed by atoms with Crippen molar-refractivity contribution in [3.05, 3.63) is 59.4 Å². The van der Waals surface area contributed by atoms with E-state index in [1.807, 2.05) is 37.3 Å². The van der Waals surface area contributed by atoms with E-state index < -0.39 is 0 Å². The molecule has 4 heteroatoms. The number of aromatic nitrogens is 1. The lowest BCUT2D eigenvalue weighted by atomic mass is 10.1. The quantitative estimate of drug-likeness (QED) is 0.818. The number of pyridine rings is 1. The summed E-state index contributed by atoms with van der Waals surface area (Å²) < 4.78 is 0. The molecule has 0 unspecified atom stereocenters. The molecule has 0 atom stereocenters. The number of benzene rings is 1. The van der Waals surface area contributed by atoms with Gasteiger partial charge in [0.05, 0.1) is 0 Å². The zero-order chi connectivity index (χ0) is 14.4. The van der Waals surface area contributed by atoms with Crippen molar-refractivity contribution in [3.63, 3.8) is 0 Å². The van der Waals surface area contributed by atoms with Crippen LogP contribution in [0.1, 0.15) is 23.1 Å². The fourth-order valence-electron chi connectivity index (χ4n) is 1.99. The van der Waals surface area contributed by atoms with Crippen LogP contribution in [0, 0.1) is 6.92 Å². The van der Waals surface area contributed by atoms with Gasteiger partial charge in [0.1, 0.15) is 0 Å².